The first kappa shape index (κ1) is 18.4. The number of fused-ring (bicyclic) bond motifs is 3. The molecule has 27 heavy (non-hydrogen) atoms. The Hall–Kier alpha value is -1.96. The summed E-state index contributed by atoms with van der Waals surface area (Å²) in [5.41, 5.74) is 0.559. The zero-order valence-electron chi connectivity index (χ0n) is 15.3. The Morgan fingerprint density at radius 2 is 2.15 bits per heavy atom. The van der Waals surface area contributed by atoms with Crippen molar-refractivity contribution in [3.8, 4) is 5.75 Å². The van der Waals surface area contributed by atoms with E-state index in [1.807, 2.05) is 22.4 Å². The lowest BCUT2D eigenvalue weighted by atomic mass is 10.1. The van der Waals surface area contributed by atoms with E-state index in [2.05, 4.69) is 4.90 Å². The lowest BCUT2D eigenvalue weighted by Crippen LogP contribution is -2.45. The molecule has 2 aliphatic rings. The molecule has 0 aliphatic carbocycles. The molecular formula is C20H23FN2O3S. The van der Waals surface area contributed by atoms with Gasteiger partial charge in [-0.15, -0.1) is 11.3 Å². The molecule has 3 heterocycles. The van der Waals surface area contributed by atoms with Crippen molar-refractivity contribution in [2.24, 2.45) is 5.92 Å². The number of carbonyl (C=O) groups is 1. The molecular weight excluding hydrogens is 367 g/mol. The Morgan fingerprint density at radius 3 is 2.93 bits per heavy atom. The quantitative estimate of drug-likeness (QED) is 0.805. The van der Waals surface area contributed by atoms with Crippen LogP contribution in [0.15, 0.2) is 35.7 Å². The largest absolute Gasteiger partial charge is 0.496 e. The van der Waals surface area contributed by atoms with Gasteiger partial charge in [-0.05, 0) is 23.6 Å². The summed E-state index contributed by atoms with van der Waals surface area (Å²) < 4.78 is 25.6. The highest BCUT2D eigenvalue weighted by Gasteiger charge is 2.36. The minimum atomic E-state index is -0.263. The van der Waals surface area contributed by atoms with Crippen molar-refractivity contribution < 1.29 is 18.7 Å². The molecule has 2 bridgehead atoms. The van der Waals surface area contributed by atoms with Gasteiger partial charge in [0.05, 0.1) is 31.2 Å². The van der Waals surface area contributed by atoms with Gasteiger partial charge in [-0.2, -0.15) is 0 Å². The second-order valence-electron chi connectivity index (χ2n) is 7.09. The molecule has 1 aromatic heterocycles. The lowest BCUT2D eigenvalue weighted by Gasteiger charge is -2.31. The van der Waals surface area contributed by atoms with Crippen LogP contribution < -0.4 is 4.74 Å². The normalized spacial score (nSPS) is 23.1. The van der Waals surface area contributed by atoms with Gasteiger partial charge in [0.15, 0.2) is 0 Å². The maximum absolute atomic E-state index is 14.4. The average molecular weight is 390 g/mol. The van der Waals surface area contributed by atoms with E-state index in [1.54, 1.807) is 19.2 Å². The smallest absolute Gasteiger partial charge is 0.263 e. The predicted molar refractivity (Wildman–Crippen MR) is 102 cm³/mol. The minimum Gasteiger partial charge on any atom is -0.496 e. The zero-order valence-corrected chi connectivity index (χ0v) is 16.1. The van der Waals surface area contributed by atoms with E-state index < -0.39 is 0 Å². The number of ether oxygens (including phenoxy) is 2. The second kappa shape index (κ2) is 7.96. The Bertz CT molecular complexity index is 799. The standard InChI is InChI=1S/C20H23FN2O3S/c1-25-18-5-2-4-17(21)16(18)11-22-8-14-9-23(10-15(22)13-26-12-14)20(24)19-6-3-7-27-19/h2-7,14-15H,8-13H2,1H3/t14-,15+/m1/s1. The highest BCUT2D eigenvalue weighted by Crippen LogP contribution is 2.28. The molecule has 2 atom stereocenters. The third-order valence-corrected chi connectivity index (χ3v) is 6.12. The first-order valence-corrected chi connectivity index (χ1v) is 9.99. The molecule has 1 aromatic carbocycles. The molecule has 0 spiro atoms. The van der Waals surface area contributed by atoms with Gasteiger partial charge in [0.25, 0.3) is 5.91 Å². The number of carbonyl (C=O) groups excluding carboxylic acids is 1. The third-order valence-electron chi connectivity index (χ3n) is 5.26. The van der Waals surface area contributed by atoms with Gasteiger partial charge in [0, 0.05) is 37.7 Å². The fourth-order valence-electron chi connectivity index (χ4n) is 3.93. The van der Waals surface area contributed by atoms with Crippen molar-refractivity contribution >= 4 is 17.2 Å². The van der Waals surface area contributed by atoms with Crippen LogP contribution in [-0.2, 0) is 11.3 Å². The van der Waals surface area contributed by atoms with Gasteiger partial charge < -0.3 is 14.4 Å². The van der Waals surface area contributed by atoms with Crippen molar-refractivity contribution in [2.45, 2.75) is 12.6 Å². The molecule has 1 amide bonds. The van der Waals surface area contributed by atoms with Gasteiger partial charge in [-0.1, -0.05) is 12.1 Å². The van der Waals surface area contributed by atoms with Crippen LogP contribution in [0.25, 0.3) is 0 Å². The summed E-state index contributed by atoms with van der Waals surface area (Å²) >= 11 is 1.47. The number of halogens is 1. The summed E-state index contributed by atoms with van der Waals surface area (Å²) in [5, 5.41) is 1.92. The van der Waals surface area contributed by atoms with E-state index in [0.717, 1.165) is 11.4 Å². The van der Waals surface area contributed by atoms with Crippen LogP contribution in [0.1, 0.15) is 15.2 Å². The van der Waals surface area contributed by atoms with E-state index in [9.17, 15) is 9.18 Å². The number of amides is 1. The van der Waals surface area contributed by atoms with E-state index in [1.165, 1.54) is 17.4 Å². The molecule has 0 N–H and O–H groups in total. The van der Waals surface area contributed by atoms with E-state index in [4.69, 9.17) is 9.47 Å². The molecule has 5 nitrogen and oxygen atoms in total. The molecule has 144 valence electrons. The Morgan fingerprint density at radius 1 is 1.26 bits per heavy atom. The maximum atomic E-state index is 14.4. The molecule has 4 rings (SSSR count). The van der Waals surface area contributed by atoms with Crippen LogP contribution in [0.4, 0.5) is 4.39 Å². The maximum Gasteiger partial charge on any atom is 0.263 e. The number of rotatable bonds is 4. The summed E-state index contributed by atoms with van der Waals surface area (Å²) in [7, 11) is 1.56. The predicted octanol–water partition coefficient (Wildman–Crippen LogP) is 2.87. The number of nitrogens with zero attached hydrogens (tertiary/aromatic N) is 2. The fraction of sp³-hybridized carbons (Fsp3) is 0.450. The molecule has 0 unspecified atom stereocenters. The summed E-state index contributed by atoms with van der Waals surface area (Å²) in [4.78, 5) is 17.8. The Balaban J connectivity index is 1.57. The van der Waals surface area contributed by atoms with Crippen LogP contribution >= 0.6 is 11.3 Å². The third kappa shape index (κ3) is 3.85. The van der Waals surface area contributed by atoms with Crippen LogP contribution in [0.3, 0.4) is 0 Å². The van der Waals surface area contributed by atoms with E-state index in [0.29, 0.717) is 44.2 Å². The van der Waals surface area contributed by atoms with Crippen molar-refractivity contribution in [1.29, 1.82) is 0 Å². The first-order valence-electron chi connectivity index (χ1n) is 9.11. The number of thiophene rings is 1. The molecule has 0 radical (unpaired) electrons. The van der Waals surface area contributed by atoms with Gasteiger partial charge >= 0.3 is 0 Å². The van der Waals surface area contributed by atoms with Crippen molar-refractivity contribution in [2.75, 3.05) is 40.0 Å². The van der Waals surface area contributed by atoms with Gasteiger partial charge in [-0.3, -0.25) is 9.69 Å². The van der Waals surface area contributed by atoms with Gasteiger partial charge in [-0.25, -0.2) is 4.39 Å². The first-order chi connectivity index (χ1) is 13.2. The molecule has 2 fully saturated rings. The van der Waals surface area contributed by atoms with Crippen LogP contribution in [0.5, 0.6) is 5.75 Å². The molecule has 2 aromatic rings. The van der Waals surface area contributed by atoms with Crippen LogP contribution in [0.2, 0.25) is 0 Å². The molecule has 0 saturated carbocycles. The number of hydrogen-bond donors (Lipinski definition) is 0. The Kier molecular flexibility index (Phi) is 5.43. The zero-order chi connectivity index (χ0) is 18.8. The monoisotopic (exact) mass is 390 g/mol. The lowest BCUT2D eigenvalue weighted by molar-refractivity contribution is 0.0407. The summed E-state index contributed by atoms with van der Waals surface area (Å²) in [6.45, 7) is 3.64. The molecule has 2 aliphatic heterocycles. The number of benzene rings is 1. The van der Waals surface area contributed by atoms with E-state index >= 15 is 0 Å². The average Bonchev–Trinajstić information content (AvgIpc) is 3.05. The molecule has 7 heteroatoms. The number of hydrogen-bond acceptors (Lipinski definition) is 5. The topological polar surface area (TPSA) is 42.0 Å². The van der Waals surface area contributed by atoms with Crippen molar-refractivity contribution in [1.82, 2.24) is 9.80 Å². The van der Waals surface area contributed by atoms with Gasteiger partial charge in [0.2, 0.25) is 0 Å². The highest BCUT2D eigenvalue weighted by molar-refractivity contribution is 7.12. The summed E-state index contributed by atoms with van der Waals surface area (Å²) in [6, 6.07) is 8.70. The second-order valence-corrected chi connectivity index (χ2v) is 8.04. The SMILES string of the molecule is COc1cccc(F)c1CN1C[C@H]2COC[C@@H]1CN(C(=O)c1cccs1)C2. The van der Waals surface area contributed by atoms with E-state index in [-0.39, 0.29) is 23.7 Å². The van der Waals surface area contributed by atoms with Crippen LogP contribution in [-0.4, -0.2) is 61.7 Å². The van der Waals surface area contributed by atoms with Crippen molar-refractivity contribution in [3.05, 3.63) is 52.0 Å². The van der Waals surface area contributed by atoms with Gasteiger partial charge in [0.1, 0.15) is 11.6 Å². The molecule has 2 saturated heterocycles. The Labute approximate surface area is 162 Å². The minimum absolute atomic E-state index is 0.0331. The van der Waals surface area contributed by atoms with Crippen LogP contribution in [0, 0.1) is 11.7 Å². The number of methoxy groups -OCH3 is 1. The summed E-state index contributed by atoms with van der Waals surface area (Å²) in [5.74, 6) is 0.577. The van der Waals surface area contributed by atoms with Crippen molar-refractivity contribution in [3.63, 3.8) is 0 Å². The summed E-state index contributed by atoms with van der Waals surface area (Å²) in [6.07, 6.45) is 0. The fourth-order valence-corrected chi connectivity index (χ4v) is 4.62. The highest BCUT2D eigenvalue weighted by atomic mass is 32.1.